The van der Waals surface area contributed by atoms with Crippen molar-refractivity contribution in [3.8, 4) is 0 Å². The van der Waals surface area contributed by atoms with E-state index in [2.05, 4.69) is 4.74 Å². The molecule has 0 aromatic carbocycles. The summed E-state index contributed by atoms with van der Waals surface area (Å²) in [7, 11) is -5.47. The number of hydrogen-bond acceptors (Lipinski definition) is 5. The molecule has 0 aliphatic rings. The van der Waals surface area contributed by atoms with E-state index in [1.165, 1.54) is 20.8 Å². The number of alkyl halides is 4. The molecule has 0 bridgehead atoms. The van der Waals surface area contributed by atoms with Gasteiger partial charge in [-0.1, -0.05) is 20.8 Å². The van der Waals surface area contributed by atoms with Gasteiger partial charge in [0, 0.05) is 6.42 Å². The molecule has 23 heavy (non-hydrogen) atoms. The van der Waals surface area contributed by atoms with Crippen molar-refractivity contribution >= 4 is 15.8 Å². The van der Waals surface area contributed by atoms with Gasteiger partial charge in [-0.05, 0) is 20.0 Å². The summed E-state index contributed by atoms with van der Waals surface area (Å²) in [6.45, 7) is 4.69. The van der Waals surface area contributed by atoms with Crippen LogP contribution in [-0.4, -0.2) is 55.5 Å². The molecule has 0 amide bonds. The summed E-state index contributed by atoms with van der Waals surface area (Å²) in [5.74, 6) is -5.68. The molecule has 0 aliphatic heterocycles. The van der Waals surface area contributed by atoms with Crippen LogP contribution in [0.4, 0.5) is 17.6 Å². The quantitative estimate of drug-likeness (QED) is 0.440. The molecule has 0 radical (unpaired) electrons. The molecule has 0 heterocycles. The number of carbonyl (C=O) groups excluding carboxylic acids is 1. The van der Waals surface area contributed by atoms with Gasteiger partial charge in [-0.25, -0.2) is 8.42 Å². The van der Waals surface area contributed by atoms with Gasteiger partial charge >= 0.3 is 17.1 Å². The number of halogens is 4. The van der Waals surface area contributed by atoms with Gasteiger partial charge in [-0.3, -0.25) is 9.69 Å². The van der Waals surface area contributed by atoms with Crippen molar-refractivity contribution in [3.63, 3.8) is 0 Å². The number of ether oxygens (including phenoxy) is 1. The highest BCUT2D eigenvalue weighted by Crippen LogP contribution is 2.43. The molecule has 0 rings (SSSR count). The lowest BCUT2D eigenvalue weighted by atomic mass is 10.2. The Morgan fingerprint density at radius 2 is 1.61 bits per heavy atom. The fraction of sp³-hybridized carbons (Fsp3) is 0.923. The zero-order valence-corrected chi connectivity index (χ0v) is 14.4. The largest absolute Gasteiger partial charge is 0.465 e. The van der Waals surface area contributed by atoms with Crippen LogP contribution in [0.3, 0.4) is 0 Å². The number of nitrogens with zero attached hydrogens (tertiary/aromatic N) is 1. The standard InChI is InChI=1S/C13H23F4NO4S/c1-5-11(19)22-9-8-12(14,15)13(16,17)23(20,21)10(4)18(6-2)7-3/h10H,5-9H2,1-4H3. The molecule has 0 N–H and O–H groups in total. The highest BCUT2D eigenvalue weighted by molar-refractivity contribution is 7.93. The molecule has 0 aromatic heterocycles. The van der Waals surface area contributed by atoms with E-state index in [9.17, 15) is 30.8 Å². The van der Waals surface area contributed by atoms with Crippen molar-refractivity contribution in [3.05, 3.63) is 0 Å². The fourth-order valence-electron chi connectivity index (χ4n) is 1.90. The summed E-state index contributed by atoms with van der Waals surface area (Å²) in [6, 6.07) is 0. The molecule has 0 aliphatic carbocycles. The average molecular weight is 365 g/mol. The van der Waals surface area contributed by atoms with E-state index in [0.717, 1.165) is 11.8 Å². The summed E-state index contributed by atoms with van der Waals surface area (Å²) in [5, 5.41) is -7.03. The van der Waals surface area contributed by atoms with Crippen molar-refractivity contribution in [2.24, 2.45) is 0 Å². The molecular formula is C13H23F4NO4S. The zero-order valence-electron chi connectivity index (χ0n) is 13.6. The van der Waals surface area contributed by atoms with E-state index in [-0.39, 0.29) is 19.5 Å². The lowest BCUT2D eigenvalue weighted by Gasteiger charge is -2.32. The molecule has 1 unspecified atom stereocenters. The van der Waals surface area contributed by atoms with Gasteiger partial charge in [0.1, 0.15) is 5.37 Å². The Labute approximate surface area is 133 Å². The molecule has 0 saturated carbocycles. The first kappa shape index (κ1) is 22.1. The van der Waals surface area contributed by atoms with E-state index < -0.39 is 45.4 Å². The Hall–Kier alpha value is -0.900. The Balaban J connectivity index is 5.28. The van der Waals surface area contributed by atoms with E-state index in [4.69, 9.17) is 0 Å². The summed E-state index contributed by atoms with van der Waals surface area (Å²) in [4.78, 5) is 12.0. The van der Waals surface area contributed by atoms with Crippen molar-refractivity contribution in [1.82, 2.24) is 4.90 Å². The minimum Gasteiger partial charge on any atom is -0.465 e. The highest BCUT2D eigenvalue weighted by atomic mass is 32.2. The summed E-state index contributed by atoms with van der Waals surface area (Å²) >= 11 is 0. The number of rotatable bonds is 10. The number of sulfone groups is 1. The third-order valence-corrected chi connectivity index (χ3v) is 5.74. The van der Waals surface area contributed by atoms with Gasteiger partial charge in [0.05, 0.1) is 13.0 Å². The van der Waals surface area contributed by atoms with Crippen LogP contribution >= 0.6 is 0 Å². The van der Waals surface area contributed by atoms with E-state index >= 15 is 0 Å². The molecule has 138 valence electrons. The minimum absolute atomic E-state index is 0.0980. The van der Waals surface area contributed by atoms with E-state index in [1.54, 1.807) is 0 Å². The first-order valence-corrected chi connectivity index (χ1v) is 8.82. The molecule has 10 heteroatoms. The maximum atomic E-state index is 14.0. The summed E-state index contributed by atoms with van der Waals surface area (Å²) < 4.78 is 83.6. The smallest absolute Gasteiger partial charge is 0.408 e. The van der Waals surface area contributed by atoms with Crippen LogP contribution in [0.2, 0.25) is 0 Å². The Morgan fingerprint density at radius 3 is 2.00 bits per heavy atom. The third-order valence-electron chi connectivity index (χ3n) is 3.53. The van der Waals surface area contributed by atoms with E-state index in [1.807, 2.05) is 0 Å². The zero-order chi connectivity index (χ0) is 18.5. The first-order valence-electron chi connectivity index (χ1n) is 7.27. The van der Waals surface area contributed by atoms with Crippen LogP contribution in [0, 0.1) is 0 Å². The average Bonchev–Trinajstić information content (AvgIpc) is 2.47. The van der Waals surface area contributed by atoms with E-state index in [0.29, 0.717) is 0 Å². The van der Waals surface area contributed by atoms with Crippen LogP contribution in [0.5, 0.6) is 0 Å². The second-order valence-corrected chi connectivity index (χ2v) is 7.20. The van der Waals surface area contributed by atoms with Crippen LogP contribution in [0.15, 0.2) is 0 Å². The van der Waals surface area contributed by atoms with Crippen molar-refractivity contribution in [2.75, 3.05) is 19.7 Å². The molecule has 0 saturated heterocycles. The number of esters is 1. The topological polar surface area (TPSA) is 63.7 Å². The summed E-state index contributed by atoms with van der Waals surface area (Å²) in [5.41, 5.74) is 0. The Bertz CT molecular complexity index is 492. The monoisotopic (exact) mass is 365 g/mol. The second-order valence-electron chi connectivity index (χ2n) is 4.91. The van der Waals surface area contributed by atoms with Crippen LogP contribution in [-0.2, 0) is 19.4 Å². The third kappa shape index (κ3) is 4.79. The minimum atomic E-state index is -5.47. The molecular weight excluding hydrogens is 342 g/mol. The summed E-state index contributed by atoms with van der Waals surface area (Å²) in [6.07, 6.45) is -1.67. The van der Waals surface area contributed by atoms with Gasteiger partial charge in [0.25, 0.3) is 0 Å². The fourth-order valence-corrected chi connectivity index (χ4v) is 3.53. The highest BCUT2D eigenvalue weighted by Gasteiger charge is 2.66. The van der Waals surface area contributed by atoms with Gasteiger partial charge in [-0.15, -0.1) is 0 Å². The van der Waals surface area contributed by atoms with Crippen molar-refractivity contribution in [1.29, 1.82) is 0 Å². The van der Waals surface area contributed by atoms with Crippen LogP contribution in [0.25, 0.3) is 0 Å². The maximum Gasteiger partial charge on any atom is 0.408 e. The lowest BCUT2D eigenvalue weighted by Crippen LogP contribution is -2.54. The molecule has 0 aromatic rings. The van der Waals surface area contributed by atoms with Crippen molar-refractivity contribution in [2.45, 2.75) is 57.1 Å². The molecule has 1 atom stereocenters. The molecule has 0 fully saturated rings. The number of carbonyl (C=O) groups is 1. The van der Waals surface area contributed by atoms with Crippen LogP contribution in [0.1, 0.15) is 40.5 Å². The molecule has 5 nitrogen and oxygen atoms in total. The van der Waals surface area contributed by atoms with Gasteiger partial charge in [0.15, 0.2) is 0 Å². The van der Waals surface area contributed by atoms with Crippen molar-refractivity contribution < 1.29 is 35.5 Å². The predicted octanol–water partition coefficient (Wildman–Crippen LogP) is 2.66. The second kappa shape index (κ2) is 8.27. The van der Waals surface area contributed by atoms with Gasteiger partial charge in [-0.2, -0.15) is 17.6 Å². The number of hydrogen-bond donors (Lipinski definition) is 0. The van der Waals surface area contributed by atoms with Crippen LogP contribution < -0.4 is 0 Å². The predicted molar refractivity (Wildman–Crippen MR) is 77.1 cm³/mol. The van der Waals surface area contributed by atoms with Gasteiger partial charge < -0.3 is 4.74 Å². The lowest BCUT2D eigenvalue weighted by molar-refractivity contribution is -0.172. The van der Waals surface area contributed by atoms with Gasteiger partial charge in [0.2, 0.25) is 9.84 Å². The normalized spacial score (nSPS) is 14.8. The Morgan fingerprint density at radius 1 is 1.13 bits per heavy atom. The Kier molecular flexibility index (Phi) is 7.95. The maximum absolute atomic E-state index is 14.0. The first-order chi connectivity index (χ1) is 10.4. The SMILES string of the molecule is CCC(=O)OCCC(F)(F)C(F)(F)S(=O)(=O)C(C)N(CC)CC. The molecule has 0 spiro atoms.